The van der Waals surface area contributed by atoms with Crippen LogP contribution in [-0.2, 0) is 9.53 Å². The third-order valence-electron chi connectivity index (χ3n) is 10.6. The fraction of sp³-hybridized carbons (Fsp3) is 0.960. The Hall–Kier alpha value is -0.650. The van der Waals surface area contributed by atoms with Crippen LogP contribution in [0.3, 0.4) is 0 Å². The quantitative estimate of drug-likeness (QED) is 0.603. The van der Waals surface area contributed by atoms with E-state index >= 15 is 0 Å². The number of aliphatic hydroxyl groups excluding tert-OH is 3. The smallest absolute Gasteiger partial charge is 0.305 e. The second-order valence-electron chi connectivity index (χ2n) is 11.6. The van der Waals surface area contributed by atoms with Gasteiger partial charge in [0.2, 0.25) is 0 Å². The number of hydrogen-bond donors (Lipinski definition) is 3. The molecule has 172 valence electrons. The number of hydrogen-bond acceptors (Lipinski definition) is 5. The van der Waals surface area contributed by atoms with E-state index in [1.165, 1.54) is 7.11 Å². The summed E-state index contributed by atoms with van der Waals surface area (Å²) in [4.78, 5) is 11.7. The Balaban J connectivity index is 1.58. The predicted molar refractivity (Wildman–Crippen MR) is 114 cm³/mol. The largest absolute Gasteiger partial charge is 0.469 e. The molecule has 4 aliphatic rings. The van der Waals surface area contributed by atoms with Gasteiger partial charge in [-0.05, 0) is 97.7 Å². The summed E-state index contributed by atoms with van der Waals surface area (Å²) < 4.78 is 4.83. The van der Waals surface area contributed by atoms with E-state index in [0.717, 1.165) is 51.4 Å². The molecule has 4 fully saturated rings. The summed E-state index contributed by atoms with van der Waals surface area (Å²) in [5, 5.41) is 33.1. The average molecular weight is 423 g/mol. The number of carbonyl (C=O) groups excluding carboxylic acids is 1. The number of fused-ring (bicyclic) bond motifs is 5. The third kappa shape index (κ3) is 3.34. The number of ether oxygens (including phenoxy) is 1. The highest BCUT2D eigenvalue weighted by Crippen LogP contribution is 2.68. The summed E-state index contributed by atoms with van der Waals surface area (Å²) in [5.41, 5.74) is -0.0882. The molecule has 0 heterocycles. The molecule has 4 saturated carbocycles. The van der Waals surface area contributed by atoms with Crippen molar-refractivity contribution in [3.63, 3.8) is 0 Å². The molecule has 30 heavy (non-hydrogen) atoms. The van der Waals surface area contributed by atoms with E-state index < -0.39 is 0 Å². The Morgan fingerprint density at radius 3 is 2.50 bits per heavy atom. The molecule has 0 bridgehead atoms. The Morgan fingerprint density at radius 1 is 1.07 bits per heavy atom. The molecular formula is C25H42O5. The monoisotopic (exact) mass is 422 g/mol. The Bertz CT molecular complexity index is 651. The van der Waals surface area contributed by atoms with Crippen LogP contribution in [0.1, 0.15) is 78.6 Å². The third-order valence-corrected chi connectivity index (χ3v) is 10.6. The molecule has 1 unspecified atom stereocenters. The van der Waals surface area contributed by atoms with Crippen LogP contribution in [0.5, 0.6) is 0 Å². The van der Waals surface area contributed by atoms with Gasteiger partial charge < -0.3 is 20.1 Å². The van der Waals surface area contributed by atoms with Crippen LogP contribution in [0.2, 0.25) is 0 Å². The predicted octanol–water partition coefficient (Wildman–Crippen LogP) is 3.54. The number of esters is 1. The summed E-state index contributed by atoms with van der Waals surface area (Å²) >= 11 is 0. The van der Waals surface area contributed by atoms with Gasteiger partial charge in [-0.25, -0.2) is 0 Å². The lowest BCUT2D eigenvalue weighted by molar-refractivity contribution is -0.207. The van der Waals surface area contributed by atoms with Crippen molar-refractivity contribution in [3.05, 3.63) is 0 Å². The summed E-state index contributed by atoms with van der Waals surface area (Å²) in [6.45, 7) is 6.85. The zero-order valence-electron chi connectivity index (χ0n) is 19.2. The lowest BCUT2D eigenvalue weighted by atomic mass is 9.43. The van der Waals surface area contributed by atoms with E-state index in [2.05, 4.69) is 20.8 Å². The molecule has 0 aromatic carbocycles. The normalized spacial score (nSPS) is 51.4. The van der Waals surface area contributed by atoms with E-state index in [0.29, 0.717) is 36.0 Å². The second-order valence-corrected chi connectivity index (χ2v) is 11.6. The van der Waals surface area contributed by atoms with Crippen molar-refractivity contribution in [3.8, 4) is 0 Å². The van der Waals surface area contributed by atoms with E-state index in [1.807, 2.05) is 0 Å². The summed E-state index contributed by atoms with van der Waals surface area (Å²) in [6.07, 6.45) is 6.60. The van der Waals surface area contributed by atoms with Gasteiger partial charge in [-0.1, -0.05) is 20.8 Å². The maximum Gasteiger partial charge on any atom is 0.305 e. The zero-order valence-corrected chi connectivity index (χ0v) is 19.2. The number of rotatable bonds is 4. The van der Waals surface area contributed by atoms with Crippen LogP contribution in [-0.4, -0.2) is 46.7 Å². The second kappa shape index (κ2) is 8.04. The molecule has 4 rings (SSSR count). The average Bonchev–Trinajstić information content (AvgIpc) is 3.06. The van der Waals surface area contributed by atoms with Crippen molar-refractivity contribution in [2.75, 3.05) is 7.11 Å². The highest BCUT2D eigenvalue weighted by atomic mass is 16.5. The first-order valence-corrected chi connectivity index (χ1v) is 12.2. The molecule has 0 amide bonds. The first-order chi connectivity index (χ1) is 14.1. The molecule has 11 atom stereocenters. The Labute approximate surface area is 181 Å². The molecule has 0 radical (unpaired) electrons. The van der Waals surface area contributed by atoms with Crippen LogP contribution >= 0.6 is 0 Å². The van der Waals surface area contributed by atoms with E-state index in [-0.39, 0.29) is 41.0 Å². The highest BCUT2D eigenvalue weighted by molar-refractivity contribution is 5.69. The van der Waals surface area contributed by atoms with Crippen molar-refractivity contribution in [1.82, 2.24) is 0 Å². The summed E-state index contributed by atoms with van der Waals surface area (Å²) in [7, 11) is 1.44. The van der Waals surface area contributed by atoms with Crippen molar-refractivity contribution < 1.29 is 24.9 Å². The van der Waals surface area contributed by atoms with Crippen molar-refractivity contribution >= 4 is 5.97 Å². The molecule has 0 spiro atoms. The zero-order chi connectivity index (χ0) is 21.8. The lowest BCUT2D eigenvalue weighted by Gasteiger charge is -2.63. The van der Waals surface area contributed by atoms with Gasteiger partial charge in [-0.15, -0.1) is 0 Å². The minimum Gasteiger partial charge on any atom is -0.469 e. The van der Waals surface area contributed by atoms with Crippen LogP contribution in [0.4, 0.5) is 0 Å². The maximum atomic E-state index is 11.7. The van der Waals surface area contributed by atoms with E-state index in [9.17, 15) is 20.1 Å². The van der Waals surface area contributed by atoms with E-state index in [4.69, 9.17) is 4.74 Å². The fourth-order valence-electron chi connectivity index (χ4n) is 8.78. The first kappa shape index (κ1) is 22.5. The molecule has 5 nitrogen and oxygen atoms in total. The Kier molecular flexibility index (Phi) is 6.04. The number of aliphatic hydroxyl groups is 3. The van der Waals surface area contributed by atoms with Gasteiger partial charge in [0.15, 0.2) is 0 Å². The SMILES string of the molecule is COC(=O)CC[C@@H](C)C1CC[C@H]2[C@@H]3[C@H](O)C[C@@H]4C[C@H](O)CC[C@]4(C)[C@H]3C[C@H](O)[C@]12C. The van der Waals surface area contributed by atoms with Gasteiger partial charge in [-0.2, -0.15) is 0 Å². The van der Waals surface area contributed by atoms with Crippen LogP contribution < -0.4 is 0 Å². The van der Waals surface area contributed by atoms with Crippen LogP contribution in [0.25, 0.3) is 0 Å². The van der Waals surface area contributed by atoms with Gasteiger partial charge in [-0.3, -0.25) is 4.79 Å². The maximum absolute atomic E-state index is 11.7. The van der Waals surface area contributed by atoms with E-state index in [1.54, 1.807) is 0 Å². The number of methoxy groups -OCH3 is 1. The minimum atomic E-state index is -0.369. The molecule has 3 N–H and O–H groups in total. The van der Waals surface area contributed by atoms with Gasteiger partial charge in [0.05, 0.1) is 25.4 Å². The van der Waals surface area contributed by atoms with Crippen LogP contribution in [0, 0.1) is 46.3 Å². The molecule has 0 aromatic heterocycles. The van der Waals surface area contributed by atoms with Crippen molar-refractivity contribution in [2.45, 2.75) is 96.9 Å². The lowest BCUT2D eigenvalue weighted by Crippen LogP contribution is -2.62. The molecule has 0 saturated heterocycles. The van der Waals surface area contributed by atoms with Gasteiger partial charge in [0, 0.05) is 6.42 Å². The summed E-state index contributed by atoms with van der Waals surface area (Å²) in [6, 6.07) is 0. The molecular weight excluding hydrogens is 380 g/mol. The standard InChI is InChI=1S/C25H42O5/c1-14(5-8-22(29)30-4)17-6-7-18-23-19(13-21(28)25(17,18)3)24(2)10-9-16(26)11-15(24)12-20(23)27/h14-21,23,26-28H,5-13H2,1-4H3/t14-,15+,16-,17?,18+,19+,20-,21+,23+,24+,25-/m1/s1. The Morgan fingerprint density at radius 2 is 1.80 bits per heavy atom. The molecule has 0 aromatic rings. The highest BCUT2D eigenvalue weighted by Gasteiger charge is 2.65. The van der Waals surface area contributed by atoms with Crippen LogP contribution in [0.15, 0.2) is 0 Å². The molecule has 5 heteroatoms. The van der Waals surface area contributed by atoms with Gasteiger partial charge >= 0.3 is 5.97 Å². The fourth-order valence-corrected chi connectivity index (χ4v) is 8.78. The van der Waals surface area contributed by atoms with Gasteiger partial charge in [0.1, 0.15) is 0 Å². The topological polar surface area (TPSA) is 87.0 Å². The summed E-state index contributed by atoms with van der Waals surface area (Å²) in [5.74, 6) is 1.81. The van der Waals surface area contributed by atoms with Crippen molar-refractivity contribution in [2.24, 2.45) is 46.3 Å². The molecule has 4 aliphatic carbocycles. The molecule has 0 aliphatic heterocycles. The van der Waals surface area contributed by atoms with Gasteiger partial charge in [0.25, 0.3) is 0 Å². The minimum absolute atomic E-state index is 0.111. The first-order valence-electron chi connectivity index (χ1n) is 12.2. The number of carbonyl (C=O) groups is 1. The van der Waals surface area contributed by atoms with Crippen molar-refractivity contribution in [1.29, 1.82) is 0 Å².